The summed E-state index contributed by atoms with van der Waals surface area (Å²) in [7, 11) is 0. The second-order valence-corrected chi connectivity index (χ2v) is 10.2. The average Bonchev–Trinajstić information content (AvgIpc) is 2.91. The number of halogens is 9. The van der Waals surface area contributed by atoms with E-state index < -0.39 is 52.2 Å². The SMILES string of the molecule is CCCCCc1ccc(-c2ccc(-c3cc(F)c(CCc4cc(F)c(/C=C/C(F)(F)F)c(F)c4)c(F)c3)c(F)c2)c(F)c1. The molecule has 0 aliphatic rings. The maximum absolute atomic E-state index is 15.1. The molecule has 0 amide bonds. The minimum atomic E-state index is -4.76. The molecular formula is C34H27F9. The number of benzene rings is 4. The molecule has 0 heterocycles. The smallest absolute Gasteiger partial charge is 0.207 e. The maximum atomic E-state index is 15.1. The van der Waals surface area contributed by atoms with E-state index in [1.54, 1.807) is 12.1 Å². The van der Waals surface area contributed by atoms with Gasteiger partial charge < -0.3 is 0 Å². The predicted molar refractivity (Wildman–Crippen MR) is 149 cm³/mol. The molecule has 0 spiro atoms. The average molecular weight is 607 g/mol. The summed E-state index contributed by atoms with van der Waals surface area (Å²) in [6, 6.07) is 12.1. The van der Waals surface area contributed by atoms with Crippen LogP contribution in [-0.4, -0.2) is 6.18 Å². The molecule has 0 bridgehead atoms. The number of alkyl halides is 3. The number of aryl methyl sites for hydroxylation is 2. The Morgan fingerprint density at radius 2 is 1.12 bits per heavy atom. The largest absolute Gasteiger partial charge is 0.409 e. The first kappa shape index (κ1) is 31.9. The van der Waals surface area contributed by atoms with Gasteiger partial charge >= 0.3 is 6.18 Å². The van der Waals surface area contributed by atoms with Crippen molar-refractivity contribution >= 4 is 6.08 Å². The van der Waals surface area contributed by atoms with Crippen LogP contribution in [0.25, 0.3) is 28.3 Å². The lowest BCUT2D eigenvalue weighted by atomic mass is 9.95. The van der Waals surface area contributed by atoms with Crippen LogP contribution in [-0.2, 0) is 19.3 Å². The second kappa shape index (κ2) is 13.5. The van der Waals surface area contributed by atoms with Crippen molar-refractivity contribution in [1.29, 1.82) is 0 Å². The Morgan fingerprint density at radius 1 is 0.558 bits per heavy atom. The van der Waals surface area contributed by atoms with Crippen LogP contribution in [0.4, 0.5) is 39.5 Å². The van der Waals surface area contributed by atoms with Gasteiger partial charge in [0, 0.05) is 28.3 Å². The molecule has 0 saturated carbocycles. The number of unbranched alkanes of at least 4 members (excludes halogenated alkanes) is 2. The van der Waals surface area contributed by atoms with Gasteiger partial charge in [-0.2, -0.15) is 13.2 Å². The molecule has 226 valence electrons. The van der Waals surface area contributed by atoms with E-state index in [0.29, 0.717) is 0 Å². The number of hydrogen-bond acceptors (Lipinski definition) is 0. The molecule has 0 radical (unpaired) electrons. The lowest BCUT2D eigenvalue weighted by molar-refractivity contribution is -0.0790. The Balaban J connectivity index is 1.51. The van der Waals surface area contributed by atoms with Crippen molar-refractivity contribution < 1.29 is 39.5 Å². The van der Waals surface area contributed by atoms with Gasteiger partial charge in [0.1, 0.15) is 34.9 Å². The molecule has 0 saturated heterocycles. The fraction of sp³-hybridized carbons (Fsp3) is 0.235. The van der Waals surface area contributed by atoms with Crippen LogP contribution in [0.15, 0.2) is 66.7 Å². The van der Waals surface area contributed by atoms with E-state index in [0.717, 1.165) is 61.6 Å². The summed E-state index contributed by atoms with van der Waals surface area (Å²) < 4.78 is 125. The summed E-state index contributed by atoms with van der Waals surface area (Å²) in [4.78, 5) is 0. The molecular weight excluding hydrogens is 579 g/mol. The lowest BCUT2D eigenvalue weighted by Crippen LogP contribution is -2.03. The summed E-state index contributed by atoms with van der Waals surface area (Å²) in [5.41, 5.74) is -0.260. The summed E-state index contributed by atoms with van der Waals surface area (Å²) >= 11 is 0. The van der Waals surface area contributed by atoms with Gasteiger partial charge in [0.2, 0.25) is 0 Å². The van der Waals surface area contributed by atoms with Gasteiger partial charge in [-0.3, -0.25) is 0 Å². The van der Waals surface area contributed by atoms with Crippen molar-refractivity contribution in [2.24, 2.45) is 0 Å². The van der Waals surface area contributed by atoms with Crippen LogP contribution in [0.5, 0.6) is 0 Å². The first-order valence-corrected chi connectivity index (χ1v) is 13.7. The van der Waals surface area contributed by atoms with Gasteiger partial charge in [-0.25, -0.2) is 26.3 Å². The van der Waals surface area contributed by atoms with E-state index in [2.05, 4.69) is 6.92 Å². The molecule has 4 rings (SSSR count). The van der Waals surface area contributed by atoms with Crippen molar-refractivity contribution in [3.63, 3.8) is 0 Å². The highest BCUT2D eigenvalue weighted by molar-refractivity contribution is 5.72. The molecule has 9 heteroatoms. The first-order chi connectivity index (χ1) is 20.4. The van der Waals surface area contributed by atoms with E-state index in [-0.39, 0.29) is 52.8 Å². The summed E-state index contributed by atoms with van der Waals surface area (Å²) in [6.45, 7) is 2.07. The normalized spacial score (nSPS) is 12.0. The third kappa shape index (κ3) is 8.09. The molecule has 43 heavy (non-hydrogen) atoms. The molecule has 0 atom stereocenters. The van der Waals surface area contributed by atoms with Crippen LogP contribution in [0, 0.1) is 34.9 Å². The summed E-state index contributed by atoms with van der Waals surface area (Å²) in [5.74, 6) is -5.87. The van der Waals surface area contributed by atoms with Crippen molar-refractivity contribution in [3.8, 4) is 22.3 Å². The maximum Gasteiger partial charge on any atom is 0.409 e. The Labute approximate surface area is 243 Å². The highest BCUT2D eigenvalue weighted by atomic mass is 19.4. The summed E-state index contributed by atoms with van der Waals surface area (Å²) in [5, 5.41) is 0. The van der Waals surface area contributed by atoms with Crippen molar-refractivity contribution in [3.05, 3.63) is 124 Å². The van der Waals surface area contributed by atoms with Crippen LogP contribution in [0.3, 0.4) is 0 Å². The van der Waals surface area contributed by atoms with Crippen LogP contribution in [0.1, 0.15) is 48.4 Å². The zero-order valence-corrected chi connectivity index (χ0v) is 23.1. The number of rotatable bonds is 10. The quantitative estimate of drug-likeness (QED) is 0.124. The van der Waals surface area contributed by atoms with E-state index in [1.165, 1.54) is 18.2 Å². The Kier molecular flexibility index (Phi) is 10.0. The Morgan fingerprint density at radius 3 is 1.70 bits per heavy atom. The first-order valence-electron chi connectivity index (χ1n) is 13.7. The highest BCUT2D eigenvalue weighted by Crippen LogP contribution is 2.32. The fourth-order valence-corrected chi connectivity index (χ4v) is 4.83. The van der Waals surface area contributed by atoms with E-state index in [1.807, 2.05) is 0 Å². The molecule has 4 aromatic rings. The molecule has 0 aliphatic carbocycles. The van der Waals surface area contributed by atoms with Crippen molar-refractivity contribution in [2.75, 3.05) is 0 Å². The van der Waals surface area contributed by atoms with Gasteiger partial charge in [-0.15, -0.1) is 0 Å². The summed E-state index contributed by atoms with van der Waals surface area (Å²) in [6.07, 6.45) is -1.63. The van der Waals surface area contributed by atoms with Crippen LogP contribution >= 0.6 is 0 Å². The minimum Gasteiger partial charge on any atom is -0.207 e. The molecule has 4 aromatic carbocycles. The molecule has 0 unspecified atom stereocenters. The Bertz CT molecular complexity index is 1590. The lowest BCUT2D eigenvalue weighted by Gasteiger charge is -2.12. The molecule has 0 nitrogen and oxygen atoms in total. The third-order valence-corrected chi connectivity index (χ3v) is 7.08. The Hall–Kier alpha value is -4.01. The van der Waals surface area contributed by atoms with Gasteiger partial charge in [0.15, 0.2) is 0 Å². The standard InChI is InChI=1S/C34H27F9/c1-2-3-4-5-20-6-9-24(28(35)14-20)22-8-11-25(31(38)17-22)23-18-32(39)26(33(40)19-23)10-7-21-15-29(36)27(30(37)16-21)12-13-34(41,42)43/h6,8-9,11-19H,2-5,7,10H2,1H3/b13-12+. The topological polar surface area (TPSA) is 0 Å². The second-order valence-electron chi connectivity index (χ2n) is 10.2. The van der Waals surface area contributed by atoms with Crippen molar-refractivity contribution in [2.45, 2.75) is 51.6 Å². The van der Waals surface area contributed by atoms with Gasteiger partial charge in [-0.1, -0.05) is 44.0 Å². The van der Waals surface area contributed by atoms with E-state index in [4.69, 9.17) is 0 Å². The van der Waals surface area contributed by atoms with Crippen LogP contribution < -0.4 is 0 Å². The highest BCUT2D eigenvalue weighted by Gasteiger charge is 2.23. The molecule has 0 N–H and O–H groups in total. The van der Waals surface area contributed by atoms with Gasteiger partial charge in [-0.05, 0) is 90.4 Å². The van der Waals surface area contributed by atoms with Gasteiger partial charge in [0.05, 0.1) is 0 Å². The monoisotopic (exact) mass is 606 g/mol. The van der Waals surface area contributed by atoms with Crippen LogP contribution in [0.2, 0.25) is 0 Å². The number of allylic oxidation sites excluding steroid dienone is 1. The predicted octanol–water partition coefficient (Wildman–Crippen LogP) is 10.9. The van der Waals surface area contributed by atoms with Crippen molar-refractivity contribution in [1.82, 2.24) is 0 Å². The number of hydrogen-bond donors (Lipinski definition) is 0. The van der Waals surface area contributed by atoms with E-state index in [9.17, 15) is 35.1 Å². The molecule has 0 aromatic heterocycles. The van der Waals surface area contributed by atoms with E-state index >= 15 is 4.39 Å². The molecule has 0 fully saturated rings. The minimum absolute atomic E-state index is 0.0232. The zero-order valence-electron chi connectivity index (χ0n) is 23.1. The zero-order chi connectivity index (χ0) is 31.3. The molecule has 0 aliphatic heterocycles. The fourth-order valence-electron chi connectivity index (χ4n) is 4.83. The third-order valence-electron chi connectivity index (χ3n) is 7.08. The van der Waals surface area contributed by atoms with Gasteiger partial charge in [0.25, 0.3) is 0 Å².